The van der Waals surface area contributed by atoms with E-state index >= 15 is 0 Å². The molecule has 2 saturated heterocycles. The predicted octanol–water partition coefficient (Wildman–Crippen LogP) is 4.74. The molecular weight excluding hydrogens is 294 g/mol. The minimum absolute atomic E-state index is 0.0477. The van der Waals surface area contributed by atoms with Crippen LogP contribution in [-0.4, -0.2) is 15.6 Å². The first-order chi connectivity index (χ1) is 11.4. The summed E-state index contributed by atoms with van der Waals surface area (Å²) in [4.78, 5) is 0. The lowest BCUT2D eigenvalue weighted by atomic mass is 9.79. The summed E-state index contributed by atoms with van der Waals surface area (Å²) >= 11 is 0. The van der Waals surface area contributed by atoms with E-state index in [0.717, 1.165) is 6.04 Å². The van der Waals surface area contributed by atoms with Crippen molar-refractivity contribution in [2.45, 2.75) is 63.7 Å². The lowest BCUT2D eigenvalue weighted by molar-refractivity contribution is -0.971. The number of phenols is 1. The standard InChI is InChI=1S/C20H19NO.C2H6/c1-18-11-17-20(3)14-7-5-4-6-13(14)19(2,21(17,18)20)15-9-8-12(22)10-16(15)18;1-2/h4-10,17H,11H2,1-3H3;1-2H3/p+1/t17?,18-,19?,20-,21?;/m0./s1. The van der Waals surface area contributed by atoms with E-state index in [0.29, 0.717) is 5.75 Å². The van der Waals surface area contributed by atoms with Crippen molar-refractivity contribution >= 4 is 0 Å². The molecule has 2 nitrogen and oxygen atoms in total. The first kappa shape index (κ1) is 14.5. The Bertz CT molecular complexity index is 905. The third-order valence-corrected chi connectivity index (χ3v) is 7.96. The minimum Gasteiger partial charge on any atom is -0.508 e. The van der Waals surface area contributed by atoms with Gasteiger partial charge >= 0.3 is 0 Å². The first-order valence-electron chi connectivity index (χ1n) is 9.27. The van der Waals surface area contributed by atoms with Crippen molar-refractivity contribution in [1.82, 2.24) is 0 Å². The monoisotopic (exact) mass is 320 g/mol. The van der Waals surface area contributed by atoms with Crippen LogP contribution < -0.4 is 0 Å². The van der Waals surface area contributed by atoms with E-state index < -0.39 is 0 Å². The van der Waals surface area contributed by atoms with Crippen molar-refractivity contribution < 1.29 is 9.59 Å². The Hall–Kier alpha value is -1.80. The van der Waals surface area contributed by atoms with Crippen LogP contribution in [0.2, 0.25) is 0 Å². The molecule has 1 spiro atoms. The number of benzene rings is 2. The lowest BCUT2D eigenvalue weighted by Gasteiger charge is -2.48. The third kappa shape index (κ3) is 0.957. The van der Waals surface area contributed by atoms with Crippen molar-refractivity contribution in [3.8, 4) is 5.75 Å². The zero-order valence-corrected chi connectivity index (χ0v) is 15.2. The van der Waals surface area contributed by atoms with Crippen molar-refractivity contribution in [3.05, 3.63) is 64.7 Å². The summed E-state index contributed by atoms with van der Waals surface area (Å²) < 4.78 is 1.17. The van der Waals surface area contributed by atoms with E-state index in [2.05, 4.69) is 51.1 Å². The van der Waals surface area contributed by atoms with Crippen LogP contribution in [0, 0.1) is 0 Å². The lowest BCUT2D eigenvalue weighted by Crippen LogP contribution is -2.60. The smallest absolute Gasteiger partial charge is 0.177 e. The highest BCUT2D eigenvalue weighted by Crippen LogP contribution is 2.89. The Labute approximate surface area is 144 Å². The molecule has 3 unspecified atom stereocenters. The number of phenolic OH excluding ortho intramolecular Hbond substituents is 1. The number of hydrogen-bond donors (Lipinski definition) is 1. The SMILES string of the molecule is CC.CC12c3ccc(O)cc3[C@]3(C)CC4[C@](C)(c5ccccc51)[N+]423. The Balaban J connectivity index is 0.000000632. The number of hydrogen-bond acceptors (Lipinski definition) is 1. The maximum atomic E-state index is 10.0. The van der Waals surface area contributed by atoms with Gasteiger partial charge < -0.3 is 5.11 Å². The second kappa shape index (κ2) is 3.72. The number of rotatable bonds is 0. The third-order valence-electron chi connectivity index (χ3n) is 7.96. The van der Waals surface area contributed by atoms with Gasteiger partial charge in [0.15, 0.2) is 17.1 Å². The molecule has 4 aliphatic heterocycles. The Morgan fingerprint density at radius 3 is 2.25 bits per heavy atom. The molecule has 6 rings (SSSR count). The van der Waals surface area contributed by atoms with E-state index in [4.69, 9.17) is 0 Å². The highest BCUT2D eigenvalue weighted by atomic mass is 16.3. The Morgan fingerprint density at radius 1 is 0.917 bits per heavy atom. The summed E-state index contributed by atoms with van der Waals surface area (Å²) in [5.41, 5.74) is 6.34. The molecule has 1 N–H and O–H groups in total. The van der Waals surface area contributed by atoms with E-state index in [1.54, 1.807) is 5.56 Å². The van der Waals surface area contributed by atoms with Gasteiger partial charge in [0.25, 0.3) is 0 Å². The van der Waals surface area contributed by atoms with E-state index in [-0.39, 0.29) is 16.6 Å². The van der Waals surface area contributed by atoms with Gasteiger partial charge in [-0.1, -0.05) is 38.1 Å². The van der Waals surface area contributed by atoms with Gasteiger partial charge in [-0.3, -0.25) is 4.48 Å². The fourth-order valence-electron chi connectivity index (χ4n) is 7.44. The average Bonchev–Trinajstić information content (AvgIpc) is 2.93. The van der Waals surface area contributed by atoms with E-state index in [9.17, 15) is 5.11 Å². The van der Waals surface area contributed by atoms with Crippen LogP contribution in [0.5, 0.6) is 5.75 Å². The van der Waals surface area contributed by atoms with Gasteiger partial charge in [-0.05, 0) is 32.0 Å². The second-order valence-corrected chi connectivity index (χ2v) is 8.21. The topological polar surface area (TPSA) is 20.2 Å². The van der Waals surface area contributed by atoms with Crippen molar-refractivity contribution in [2.24, 2.45) is 0 Å². The summed E-state index contributed by atoms with van der Waals surface area (Å²) in [5, 5.41) is 10.0. The molecule has 0 radical (unpaired) electrons. The summed E-state index contributed by atoms with van der Waals surface area (Å²) in [5.74, 6) is 0.406. The molecule has 0 saturated carbocycles. The van der Waals surface area contributed by atoms with Crippen LogP contribution in [0.15, 0.2) is 42.5 Å². The molecule has 2 heteroatoms. The van der Waals surface area contributed by atoms with E-state index in [1.165, 1.54) is 27.6 Å². The molecule has 0 aliphatic carbocycles. The van der Waals surface area contributed by atoms with Crippen molar-refractivity contribution in [3.63, 3.8) is 0 Å². The molecule has 124 valence electrons. The predicted molar refractivity (Wildman–Crippen MR) is 95.7 cm³/mol. The molecular formula is C22H26NO+. The van der Waals surface area contributed by atoms with Crippen molar-refractivity contribution in [2.75, 3.05) is 0 Å². The molecule has 0 aromatic heterocycles. The number of fused-ring (bicyclic) bond motifs is 7. The highest BCUT2D eigenvalue weighted by Gasteiger charge is 3.01. The normalized spacial score (nSPS) is 44.3. The Morgan fingerprint density at radius 2 is 1.54 bits per heavy atom. The molecule has 0 amide bonds. The van der Waals surface area contributed by atoms with Crippen molar-refractivity contribution in [1.29, 1.82) is 0 Å². The quantitative estimate of drug-likeness (QED) is 0.549. The molecule has 5 atom stereocenters. The fourth-order valence-corrected chi connectivity index (χ4v) is 7.44. The van der Waals surface area contributed by atoms with Crippen LogP contribution in [0.25, 0.3) is 0 Å². The van der Waals surface area contributed by atoms with Gasteiger partial charge in [0.05, 0.1) is 6.42 Å². The highest BCUT2D eigenvalue weighted by molar-refractivity contribution is 5.62. The number of quaternary nitrogens is 1. The molecule has 2 fully saturated rings. The van der Waals surface area contributed by atoms with Crippen LogP contribution in [0.1, 0.15) is 63.3 Å². The fraction of sp³-hybridized carbons (Fsp3) is 0.455. The van der Waals surface area contributed by atoms with Gasteiger partial charge in [-0.2, -0.15) is 0 Å². The van der Waals surface area contributed by atoms with Gasteiger partial charge in [-0.15, -0.1) is 0 Å². The van der Waals surface area contributed by atoms with Gasteiger partial charge in [0.1, 0.15) is 11.3 Å². The summed E-state index contributed by atoms with van der Waals surface area (Å²) in [6.45, 7) is 11.3. The first-order valence-corrected chi connectivity index (χ1v) is 9.27. The largest absolute Gasteiger partial charge is 0.508 e. The minimum atomic E-state index is 0.0477. The maximum Gasteiger partial charge on any atom is 0.177 e. The molecule has 2 aromatic carbocycles. The number of nitrogens with zero attached hydrogens (tertiary/aromatic N) is 1. The van der Waals surface area contributed by atoms with Crippen LogP contribution in [0.4, 0.5) is 0 Å². The Kier molecular flexibility index (Phi) is 2.26. The van der Waals surface area contributed by atoms with Gasteiger partial charge in [0, 0.05) is 29.2 Å². The van der Waals surface area contributed by atoms with Crippen LogP contribution >= 0.6 is 0 Å². The van der Waals surface area contributed by atoms with E-state index in [1.807, 2.05) is 26.0 Å². The summed E-state index contributed by atoms with van der Waals surface area (Å²) in [6, 6.07) is 15.9. The molecule has 4 aliphatic rings. The average molecular weight is 320 g/mol. The molecule has 4 heterocycles. The van der Waals surface area contributed by atoms with Gasteiger partial charge in [0.2, 0.25) is 0 Å². The van der Waals surface area contributed by atoms with Crippen LogP contribution in [0.3, 0.4) is 0 Å². The molecule has 2 aromatic rings. The molecule has 0 bridgehead atoms. The molecule has 24 heavy (non-hydrogen) atoms. The number of aromatic hydroxyl groups is 1. The van der Waals surface area contributed by atoms with Gasteiger partial charge in [-0.25, -0.2) is 0 Å². The zero-order chi connectivity index (χ0) is 17.1. The van der Waals surface area contributed by atoms with Crippen LogP contribution in [-0.2, 0) is 16.6 Å². The summed E-state index contributed by atoms with van der Waals surface area (Å²) in [6.07, 6.45) is 1.24. The summed E-state index contributed by atoms with van der Waals surface area (Å²) in [7, 11) is 0. The second-order valence-electron chi connectivity index (χ2n) is 8.21. The maximum absolute atomic E-state index is 10.0. The zero-order valence-electron chi connectivity index (χ0n) is 15.2.